The summed E-state index contributed by atoms with van der Waals surface area (Å²) in [7, 11) is 1.68. The van der Waals surface area contributed by atoms with E-state index in [4.69, 9.17) is 4.74 Å². The second-order valence-electron chi connectivity index (χ2n) is 2.07. The third kappa shape index (κ3) is 2.86. The van der Waals surface area contributed by atoms with Crippen LogP contribution < -0.4 is 4.74 Å². The Morgan fingerprint density at radius 2 is 1.83 bits per heavy atom. The van der Waals surface area contributed by atoms with Crippen LogP contribution in [0.15, 0.2) is 22.7 Å². The van der Waals surface area contributed by atoms with Crippen LogP contribution in [-0.2, 0) is 0 Å². The Labute approximate surface area is 82.9 Å². The zero-order chi connectivity index (χ0) is 9.56. The quantitative estimate of drug-likeness (QED) is 0.714. The molecule has 0 fully saturated rings. The summed E-state index contributed by atoms with van der Waals surface area (Å²) >= 11 is 3.41. The summed E-state index contributed by atoms with van der Waals surface area (Å²) in [5.41, 5.74) is 1.14. The third-order valence-electron chi connectivity index (χ3n) is 1.44. The molecule has 0 N–H and O–H groups in total. The van der Waals surface area contributed by atoms with Gasteiger partial charge in [-0.15, -0.1) is 0 Å². The number of rotatable bonds is 1. The highest BCUT2D eigenvalue weighted by Crippen LogP contribution is 2.24. The molecule has 1 rings (SSSR count). The zero-order valence-corrected chi connectivity index (χ0v) is 9.60. The highest BCUT2D eigenvalue weighted by atomic mass is 79.9. The minimum Gasteiger partial charge on any atom is -0.496 e. The van der Waals surface area contributed by atoms with E-state index in [9.17, 15) is 0 Å². The molecule has 1 nitrogen and oxygen atoms in total. The molecule has 68 valence electrons. The van der Waals surface area contributed by atoms with Gasteiger partial charge in [0.1, 0.15) is 5.75 Å². The minimum atomic E-state index is 0.925. The van der Waals surface area contributed by atoms with Crippen molar-refractivity contribution < 1.29 is 4.74 Å². The lowest BCUT2D eigenvalue weighted by Gasteiger charge is -2.04. The number of methoxy groups -OCH3 is 1. The molecule has 2 heteroatoms. The fourth-order valence-electron chi connectivity index (χ4n) is 0.809. The van der Waals surface area contributed by atoms with Gasteiger partial charge < -0.3 is 4.74 Å². The number of benzene rings is 1. The van der Waals surface area contributed by atoms with E-state index in [0.717, 1.165) is 15.8 Å². The highest BCUT2D eigenvalue weighted by molar-refractivity contribution is 9.10. The van der Waals surface area contributed by atoms with E-state index in [1.165, 1.54) is 0 Å². The highest BCUT2D eigenvalue weighted by Gasteiger charge is 1.98. The van der Waals surface area contributed by atoms with E-state index in [2.05, 4.69) is 15.9 Å². The van der Waals surface area contributed by atoms with Crippen molar-refractivity contribution >= 4 is 15.9 Å². The van der Waals surface area contributed by atoms with E-state index in [1.807, 2.05) is 39.0 Å². The monoisotopic (exact) mass is 230 g/mol. The molecule has 0 amide bonds. The Morgan fingerprint density at radius 3 is 2.25 bits per heavy atom. The topological polar surface area (TPSA) is 9.23 Å². The molecule has 0 aliphatic carbocycles. The lowest BCUT2D eigenvalue weighted by molar-refractivity contribution is 0.411. The first-order valence-electron chi connectivity index (χ1n) is 4.05. The van der Waals surface area contributed by atoms with Crippen LogP contribution >= 0.6 is 15.9 Å². The van der Waals surface area contributed by atoms with Gasteiger partial charge >= 0.3 is 0 Å². The molecule has 0 radical (unpaired) electrons. The molecular weight excluding hydrogens is 216 g/mol. The zero-order valence-electron chi connectivity index (χ0n) is 8.02. The molecular formula is C10H15BrO. The molecule has 0 heterocycles. The van der Waals surface area contributed by atoms with Crippen molar-refractivity contribution in [3.8, 4) is 5.75 Å². The van der Waals surface area contributed by atoms with Crippen LogP contribution in [0.3, 0.4) is 0 Å². The Morgan fingerprint density at radius 1 is 1.25 bits per heavy atom. The Balaban J connectivity index is 0.000000561. The Bertz CT molecular complexity index is 233. The van der Waals surface area contributed by atoms with Crippen molar-refractivity contribution in [1.29, 1.82) is 0 Å². The summed E-state index contributed by atoms with van der Waals surface area (Å²) in [4.78, 5) is 0. The number of ether oxygens (including phenoxy) is 1. The molecule has 0 spiro atoms. The normalized spacial score (nSPS) is 8.42. The molecule has 0 saturated heterocycles. The molecule has 1 aromatic carbocycles. The Kier molecular flexibility index (Phi) is 5.81. The average Bonchev–Trinajstić information content (AvgIpc) is 2.13. The van der Waals surface area contributed by atoms with Gasteiger partial charge in [-0.1, -0.05) is 35.8 Å². The van der Waals surface area contributed by atoms with Crippen LogP contribution in [0.2, 0.25) is 0 Å². The standard InChI is InChI=1S/C8H9BrO.C2H6/c1-6-7(9)4-3-5-8(6)10-2;1-2/h3-5H,1-2H3;1-2H3. The van der Waals surface area contributed by atoms with Crippen LogP contribution in [0.4, 0.5) is 0 Å². The predicted molar refractivity (Wildman–Crippen MR) is 56.8 cm³/mol. The van der Waals surface area contributed by atoms with E-state index in [-0.39, 0.29) is 0 Å². The molecule has 0 aliphatic rings. The molecule has 0 saturated carbocycles. The van der Waals surface area contributed by atoms with Gasteiger partial charge in [0.05, 0.1) is 7.11 Å². The van der Waals surface area contributed by atoms with Gasteiger partial charge in [0.2, 0.25) is 0 Å². The third-order valence-corrected chi connectivity index (χ3v) is 2.30. The molecule has 1 aromatic rings. The van der Waals surface area contributed by atoms with Crippen LogP contribution in [0, 0.1) is 6.92 Å². The molecule has 0 bridgehead atoms. The Hall–Kier alpha value is -0.500. The van der Waals surface area contributed by atoms with E-state index in [0.29, 0.717) is 0 Å². The van der Waals surface area contributed by atoms with Crippen molar-refractivity contribution in [1.82, 2.24) is 0 Å². The van der Waals surface area contributed by atoms with Crippen LogP contribution in [0.5, 0.6) is 5.75 Å². The van der Waals surface area contributed by atoms with Crippen molar-refractivity contribution in [3.05, 3.63) is 28.2 Å². The van der Waals surface area contributed by atoms with Gasteiger partial charge in [0, 0.05) is 10.0 Å². The molecule has 12 heavy (non-hydrogen) atoms. The average molecular weight is 231 g/mol. The first-order valence-corrected chi connectivity index (χ1v) is 4.84. The molecule has 0 aliphatic heterocycles. The first kappa shape index (κ1) is 11.5. The van der Waals surface area contributed by atoms with Gasteiger partial charge in [0.15, 0.2) is 0 Å². The van der Waals surface area contributed by atoms with Crippen molar-refractivity contribution in [2.75, 3.05) is 7.11 Å². The SMILES string of the molecule is CC.COc1cccc(Br)c1C. The van der Waals surface area contributed by atoms with E-state index < -0.39 is 0 Å². The lowest BCUT2D eigenvalue weighted by Crippen LogP contribution is -1.86. The van der Waals surface area contributed by atoms with Gasteiger partial charge in [-0.2, -0.15) is 0 Å². The van der Waals surface area contributed by atoms with Crippen molar-refractivity contribution in [2.45, 2.75) is 20.8 Å². The van der Waals surface area contributed by atoms with E-state index >= 15 is 0 Å². The second kappa shape index (κ2) is 6.06. The van der Waals surface area contributed by atoms with Gasteiger partial charge in [-0.05, 0) is 19.1 Å². The largest absolute Gasteiger partial charge is 0.496 e. The summed E-state index contributed by atoms with van der Waals surface area (Å²) in [5.74, 6) is 0.925. The fourth-order valence-corrected chi connectivity index (χ4v) is 1.16. The second-order valence-corrected chi connectivity index (χ2v) is 2.92. The smallest absolute Gasteiger partial charge is 0.122 e. The first-order chi connectivity index (χ1) is 5.75. The maximum atomic E-state index is 5.10. The predicted octanol–water partition coefficient (Wildman–Crippen LogP) is 3.79. The molecule has 0 atom stereocenters. The summed E-state index contributed by atoms with van der Waals surface area (Å²) in [6.07, 6.45) is 0. The summed E-state index contributed by atoms with van der Waals surface area (Å²) in [6, 6.07) is 5.90. The molecule has 0 unspecified atom stereocenters. The maximum Gasteiger partial charge on any atom is 0.122 e. The van der Waals surface area contributed by atoms with Crippen LogP contribution in [0.1, 0.15) is 19.4 Å². The maximum absolute atomic E-state index is 5.10. The van der Waals surface area contributed by atoms with Gasteiger partial charge in [-0.25, -0.2) is 0 Å². The number of hydrogen-bond acceptors (Lipinski definition) is 1. The fraction of sp³-hybridized carbons (Fsp3) is 0.400. The summed E-state index contributed by atoms with van der Waals surface area (Å²) < 4.78 is 6.19. The number of hydrogen-bond donors (Lipinski definition) is 0. The van der Waals surface area contributed by atoms with E-state index in [1.54, 1.807) is 7.11 Å². The van der Waals surface area contributed by atoms with Crippen molar-refractivity contribution in [3.63, 3.8) is 0 Å². The minimum absolute atomic E-state index is 0.925. The van der Waals surface area contributed by atoms with Crippen molar-refractivity contribution in [2.24, 2.45) is 0 Å². The summed E-state index contributed by atoms with van der Waals surface area (Å²) in [6.45, 7) is 6.02. The van der Waals surface area contributed by atoms with Gasteiger partial charge in [0.25, 0.3) is 0 Å². The van der Waals surface area contributed by atoms with Crippen LogP contribution in [-0.4, -0.2) is 7.11 Å². The van der Waals surface area contributed by atoms with Crippen LogP contribution in [0.25, 0.3) is 0 Å². The molecule has 0 aromatic heterocycles. The summed E-state index contributed by atoms with van der Waals surface area (Å²) in [5, 5.41) is 0. The lowest BCUT2D eigenvalue weighted by atomic mass is 10.2. The van der Waals surface area contributed by atoms with Gasteiger partial charge in [-0.3, -0.25) is 0 Å². The number of halogens is 1.